The normalized spacial score (nSPS) is 57.3. The first-order valence-corrected chi connectivity index (χ1v) is 10.2. The van der Waals surface area contributed by atoms with Gasteiger partial charge in [-0.05, 0) is 105 Å². The minimum atomic E-state index is -0.140. The number of hydrogen-bond acceptors (Lipinski definition) is 2. The standard InChI is InChI=1S/C21H36O2/c1-13(22)17-6-7-18-16-5-4-14-12-15(23)8-10-20(14,2)19(16)9-11-21(17,18)3/h13-19,22-23H,4-12H2,1-3H3/t13-,14?,15-,16+,17-,18+,19+,20+,21-/m1/s1. The van der Waals surface area contributed by atoms with Crippen LogP contribution in [0.4, 0.5) is 0 Å². The SMILES string of the molecule is C[C@@H](O)[C@H]1CC[C@H]2[C@@H]3CCC4C[C@H](O)CC[C@]4(C)[C@H]3CC[C@]12C. The van der Waals surface area contributed by atoms with E-state index in [9.17, 15) is 10.2 Å². The van der Waals surface area contributed by atoms with Crippen molar-refractivity contribution in [1.82, 2.24) is 0 Å². The van der Waals surface area contributed by atoms with E-state index in [1.165, 1.54) is 44.9 Å². The van der Waals surface area contributed by atoms with Crippen molar-refractivity contribution in [2.45, 2.75) is 90.8 Å². The van der Waals surface area contributed by atoms with Crippen molar-refractivity contribution < 1.29 is 10.2 Å². The molecular formula is C21H36O2. The number of rotatable bonds is 1. The highest BCUT2D eigenvalue weighted by Crippen LogP contribution is 2.67. The fraction of sp³-hybridized carbons (Fsp3) is 1.00. The lowest BCUT2D eigenvalue weighted by Crippen LogP contribution is -2.54. The van der Waals surface area contributed by atoms with E-state index in [1.54, 1.807) is 0 Å². The fourth-order valence-electron chi connectivity index (χ4n) is 8.07. The van der Waals surface area contributed by atoms with Crippen molar-refractivity contribution >= 4 is 0 Å². The summed E-state index contributed by atoms with van der Waals surface area (Å²) in [7, 11) is 0. The van der Waals surface area contributed by atoms with Crippen LogP contribution in [-0.4, -0.2) is 22.4 Å². The van der Waals surface area contributed by atoms with E-state index >= 15 is 0 Å². The van der Waals surface area contributed by atoms with Crippen LogP contribution in [0.5, 0.6) is 0 Å². The summed E-state index contributed by atoms with van der Waals surface area (Å²) in [5.74, 6) is 3.87. The number of fused-ring (bicyclic) bond motifs is 5. The van der Waals surface area contributed by atoms with E-state index < -0.39 is 0 Å². The van der Waals surface area contributed by atoms with E-state index in [1.807, 2.05) is 6.92 Å². The smallest absolute Gasteiger partial charge is 0.0545 e. The van der Waals surface area contributed by atoms with Crippen LogP contribution in [-0.2, 0) is 0 Å². The Morgan fingerprint density at radius 3 is 2.30 bits per heavy atom. The molecule has 0 aliphatic heterocycles. The van der Waals surface area contributed by atoms with Gasteiger partial charge >= 0.3 is 0 Å². The molecule has 132 valence electrons. The topological polar surface area (TPSA) is 40.5 Å². The second-order valence-electron chi connectivity index (χ2n) is 10.1. The van der Waals surface area contributed by atoms with Gasteiger partial charge in [0.2, 0.25) is 0 Å². The van der Waals surface area contributed by atoms with Crippen LogP contribution in [0.15, 0.2) is 0 Å². The molecule has 0 radical (unpaired) electrons. The molecule has 0 amide bonds. The molecule has 0 spiro atoms. The summed E-state index contributed by atoms with van der Waals surface area (Å²) in [5.41, 5.74) is 0.860. The molecule has 9 atom stereocenters. The lowest BCUT2D eigenvalue weighted by atomic mass is 9.44. The number of aliphatic hydroxyl groups is 2. The Bertz CT molecular complexity index is 461. The minimum absolute atomic E-state index is 0.0374. The molecule has 4 fully saturated rings. The van der Waals surface area contributed by atoms with Crippen molar-refractivity contribution in [3.05, 3.63) is 0 Å². The van der Waals surface area contributed by atoms with Gasteiger partial charge < -0.3 is 10.2 Å². The molecule has 1 unspecified atom stereocenters. The minimum Gasteiger partial charge on any atom is -0.393 e. The Labute approximate surface area is 142 Å². The Balaban J connectivity index is 1.60. The summed E-state index contributed by atoms with van der Waals surface area (Å²) in [6, 6.07) is 0. The first-order chi connectivity index (χ1) is 10.9. The maximum Gasteiger partial charge on any atom is 0.0545 e. The van der Waals surface area contributed by atoms with Crippen LogP contribution >= 0.6 is 0 Å². The molecule has 0 aromatic carbocycles. The van der Waals surface area contributed by atoms with Crippen molar-refractivity contribution in [1.29, 1.82) is 0 Å². The maximum atomic E-state index is 10.3. The van der Waals surface area contributed by atoms with Gasteiger partial charge in [0, 0.05) is 0 Å². The van der Waals surface area contributed by atoms with Gasteiger partial charge in [-0.2, -0.15) is 0 Å². The van der Waals surface area contributed by atoms with Gasteiger partial charge in [0.25, 0.3) is 0 Å². The summed E-state index contributed by atoms with van der Waals surface area (Å²) in [6.45, 7) is 7.08. The molecule has 0 heterocycles. The highest BCUT2D eigenvalue weighted by molar-refractivity contribution is 5.09. The summed E-state index contributed by atoms with van der Waals surface area (Å²) in [4.78, 5) is 0. The Morgan fingerprint density at radius 1 is 0.870 bits per heavy atom. The molecule has 4 saturated carbocycles. The van der Waals surface area contributed by atoms with Crippen LogP contribution in [0.2, 0.25) is 0 Å². The molecule has 4 aliphatic carbocycles. The zero-order valence-corrected chi connectivity index (χ0v) is 15.3. The van der Waals surface area contributed by atoms with Crippen LogP contribution in [0.3, 0.4) is 0 Å². The molecule has 23 heavy (non-hydrogen) atoms. The van der Waals surface area contributed by atoms with Gasteiger partial charge in [-0.25, -0.2) is 0 Å². The predicted molar refractivity (Wildman–Crippen MR) is 92.9 cm³/mol. The molecule has 4 rings (SSSR count). The molecular weight excluding hydrogens is 284 g/mol. The zero-order valence-electron chi connectivity index (χ0n) is 15.3. The molecule has 2 heteroatoms. The van der Waals surface area contributed by atoms with Crippen LogP contribution < -0.4 is 0 Å². The molecule has 2 N–H and O–H groups in total. The first kappa shape index (κ1) is 16.4. The second-order valence-corrected chi connectivity index (χ2v) is 10.1. The highest BCUT2D eigenvalue weighted by atomic mass is 16.3. The van der Waals surface area contributed by atoms with Gasteiger partial charge in [0.05, 0.1) is 12.2 Å². The predicted octanol–water partition coefficient (Wildman–Crippen LogP) is 4.39. The molecule has 0 aromatic heterocycles. The Kier molecular flexibility index (Phi) is 3.89. The van der Waals surface area contributed by atoms with E-state index in [4.69, 9.17) is 0 Å². The summed E-state index contributed by atoms with van der Waals surface area (Å²) < 4.78 is 0. The van der Waals surface area contributed by atoms with Crippen LogP contribution in [0, 0.1) is 40.4 Å². The van der Waals surface area contributed by atoms with E-state index in [-0.39, 0.29) is 12.2 Å². The van der Waals surface area contributed by atoms with E-state index in [0.717, 1.165) is 36.5 Å². The summed E-state index contributed by atoms with van der Waals surface area (Å²) >= 11 is 0. The van der Waals surface area contributed by atoms with Gasteiger partial charge in [-0.3, -0.25) is 0 Å². The average Bonchev–Trinajstić information content (AvgIpc) is 2.85. The van der Waals surface area contributed by atoms with Crippen molar-refractivity contribution in [3.63, 3.8) is 0 Å². The molecule has 4 aliphatic rings. The van der Waals surface area contributed by atoms with Gasteiger partial charge in [-0.1, -0.05) is 13.8 Å². The maximum absolute atomic E-state index is 10.3. The quantitative estimate of drug-likeness (QED) is 0.752. The third kappa shape index (κ3) is 2.27. The van der Waals surface area contributed by atoms with Gasteiger partial charge in [-0.15, -0.1) is 0 Å². The lowest BCUT2D eigenvalue weighted by Gasteiger charge is -2.61. The molecule has 0 aromatic rings. The second kappa shape index (κ2) is 5.46. The molecule has 0 bridgehead atoms. The molecule has 0 saturated heterocycles. The Morgan fingerprint density at radius 2 is 1.57 bits per heavy atom. The lowest BCUT2D eigenvalue weighted by molar-refractivity contribution is -0.132. The first-order valence-electron chi connectivity index (χ1n) is 10.2. The van der Waals surface area contributed by atoms with E-state index in [0.29, 0.717) is 16.7 Å². The van der Waals surface area contributed by atoms with Crippen molar-refractivity contribution in [2.24, 2.45) is 40.4 Å². The number of aliphatic hydroxyl groups excluding tert-OH is 2. The van der Waals surface area contributed by atoms with Crippen LogP contribution in [0.25, 0.3) is 0 Å². The molecule has 2 nitrogen and oxygen atoms in total. The number of hydrogen-bond donors (Lipinski definition) is 2. The fourth-order valence-corrected chi connectivity index (χ4v) is 8.07. The van der Waals surface area contributed by atoms with Gasteiger partial charge in [0.15, 0.2) is 0 Å². The van der Waals surface area contributed by atoms with Crippen LogP contribution in [0.1, 0.15) is 78.6 Å². The Hall–Kier alpha value is -0.0800. The van der Waals surface area contributed by atoms with Gasteiger partial charge in [0.1, 0.15) is 0 Å². The average molecular weight is 321 g/mol. The third-order valence-corrected chi connectivity index (χ3v) is 9.29. The third-order valence-electron chi connectivity index (χ3n) is 9.29. The largest absolute Gasteiger partial charge is 0.393 e. The zero-order chi connectivity index (χ0) is 16.4. The van der Waals surface area contributed by atoms with Crippen molar-refractivity contribution in [2.75, 3.05) is 0 Å². The summed E-state index contributed by atoms with van der Waals surface area (Å²) in [6.07, 6.45) is 11.1. The van der Waals surface area contributed by atoms with Crippen molar-refractivity contribution in [3.8, 4) is 0 Å². The monoisotopic (exact) mass is 320 g/mol. The highest BCUT2D eigenvalue weighted by Gasteiger charge is 2.60. The summed E-state index contributed by atoms with van der Waals surface area (Å²) in [5, 5.41) is 20.4. The van der Waals surface area contributed by atoms with E-state index in [2.05, 4.69) is 13.8 Å².